The lowest BCUT2D eigenvalue weighted by Crippen LogP contribution is -2.32. The smallest absolute Gasteiger partial charge is 0.395 e. The minimum Gasteiger partial charge on any atom is -0.395 e. The van der Waals surface area contributed by atoms with Crippen molar-refractivity contribution in [3.63, 3.8) is 0 Å². The van der Waals surface area contributed by atoms with Crippen LogP contribution in [0.2, 0.25) is 0 Å². The Morgan fingerprint density at radius 3 is 2.45 bits per heavy atom. The molecule has 1 atom stereocenters. The fourth-order valence-electron chi connectivity index (χ4n) is 2.95. The monoisotopic (exact) mass is 435 g/mol. The van der Waals surface area contributed by atoms with E-state index >= 15 is 0 Å². The van der Waals surface area contributed by atoms with Gasteiger partial charge in [0, 0.05) is 25.0 Å². The van der Waals surface area contributed by atoms with E-state index in [1.807, 2.05) is 0 Å². The van der Waals surface area contributed by atoms with Gasteiger partial charge >= 0.3 is 6.18 Å². The van der Waals surface area contributed by atoms with Gasteiger partial charge in [0.15, 0.2) is 0 Å². The summed E-state index contributed by atoms with van der Waals surface area (Å²) in [5.74, 6) is -1.46. The number of amides is 1. The predicted octanol–water partition coefficient (Wildman–Crippen LogP) is 2.91. The number of aromatic nitrogens is 2. The first kappa shape index (κ1) is 22.2. The van der Waals surface area contributed by atoms with Crippen LogP contribution in [-0.4, -0.2) is 27.2 Å². The molecule has 0 aliphatic rings. The molecule has 0 saturated carbocycles. The molecule has 0 aliphatic heterocycles. The maximum absolute atomic E-state index is 14.4. The lowest BCUT2D eigenvalue weighted by molar-refractivity contribution is -0.137. The Morgan fingerprint density at radius 1 is 1.13 bits per heavy atom. The van der Waals surface area contributed by atoms with Gasteiger partial charge in [-0.2, -0.15) is 13.2 Å². The summed E-state index contributed by atoms with van der Waals surface area (Å²) in [7, 11) is 0. The molecule has 0 bridgehead atoms. The molecule has 0 fully saturated rings. The fraction of sp³-hybridized carbons (Fsp3) is 0.190. The van der Waals surface area contributed by atoms with Crippen LogP contribution in [0.1, 0.15) is 33.2 Å². The number of hydrogen-bond donors (Lipinski definition) is 2. The maximum atomic E-state index is 14.4. The molecule has 31 heavy (non-hydrogen) atoms. The van der Waals surface area contributed by atoms with E-state index in [2.05, 4.69) is 10.3 Å². The highest BCUT2D eigenvalue weighted by molar-refractivity contribution is 5.94. The molecule has 0 unspecified atom stereocenters. The number of aliphatic hydroxyl groups excluding tert-OH is 1. The number of nitrogens with one attached hydrogen (secondary N) is 1. The van der Waals surface area contributed by atoms with Crippen LogP contribution in [0.25, 0.3) is 0 Å². The van der Waals surface area contributed by atoms with Crippen LogP contribution in [0.4, 0.5) is 17.6 Å². The second-order valence-corrected chi connectivity index (χ2v) is 6.57. The first-order chi connectivity index (χ1) is 14.7. The van der Waals surface area contributed by atoms with E-state index in [1.54, 1.807) is 0 Å². The summed E-state index contributed by atoms with van der Waals surface area (Å²) in [6.45, 7) is -0.352. The minimum atomic E-state index is -4.55. The number of carbonyl (C=O) groups is 1. The maximum Gasteiger partial charge on any atom is 0.416 e. The number of nitrogens with zero attached hydrogens (tertiary/aromatic N) is 2. The summed E-state index contributed by atoms with van der Waals surface area (Å²) < 4.78 is 54.2. The van der Waals surface area contributed by atoms with E-state index in [1.165, 1.54) is 24.5 Å². The Kier molecular flexibility index (Phi) is 6.50. The molecule has 6 nitrogen and oxygen atoms in total. The van der Waals surface area contributed by atoms with Crippen molar-refractivity contribution < 1.29 is 27.5 Å². The normalized spacial score (nSPS) is 12.4. The van der Waals surface area contributed by atoms with Crippen LogP contribution >= 0.6 is 0 Å². The zero-order chi connectivity index (χ0) is 22.6. The van der Waals surface area contributed by atoms with Gasteiger partial charge in [-0.15, -0.1) is 0 Å². The highest BCUT2D eigenvalue weighted by Gasteiger charge is 2.31. The molecule has 10 heteroatoms. The van der Waals surface area contributed by atoms with Crippen molar-refractivity contribution in [1.29, 1.82) is 0 Å². The number of carbonyl (C=O) groups excluding carboxylic acids is 1. The molecular formula is C21H17F4N3O3. The zero-order valence-electron chi connectivity index (χ0n) is 15.9. The molecule has 2 heterocycles. The molecule has 2 N–H and O–H groups in total. The van der Waals surface area contributed by atoms with Crippen molar-refractivity contribution >= 4 is 5.91 Å². The SMILES string of the molecule is O=C(N[C@@H](c1ccc(C(F)(F)F)cc1)c1ncccc1F)c1ccc(=O)n(CCO)c1. The van der Waals surface area contributed by atoms with Crippen molar-refractivity contribution in [2.75, 3.05) is 6.61 Å². The van der Waals surface area contributed by atoms with E-state index in [0.717, 1.165) is 41.0 Å². The van der Waals surface area contributed by atoms with E-state index in [9.17, 15) is 27.2 Å². The quantitative estimate of drug-likeness (QED) is 0.584. The van der Waals surface area contributed by atoms with Gasteiger partial charge < -0.3 is 15.0 Å². The van der Waals surface area contributed by atoms with Crippen LogP contribution in [0.3, 0.4) is 0 Å². The van der Waals surface area contributed by atoms with E-state index in [4.69, 9.17) is 5.11 Å². The summed E-state index contributed by atoms with van der Waals surface area (Å²) in [4.78, 5) is 28.5. The second-order valence-electron chi connectivity index (χ2n) is 6.57. The molecular weight excluding hydrogens is 418 g/mol. The predicted molar refractivity (Wildman–Crippen MR) is 103 cm³/mol. The van der Waals surface area contributed by atoms with Gasteiger partial charge in [0.2, 0.25) is 0 Å². The lowest BCUT2D eigenvalue weighted by Gasteiger charge is -2.20. The van der Waals surface area contributed by atoms with Gasteiger partial charge in [-0.1, -0.05) is 12.1 Å². The van der Waals surface area contributed by atoms with Crippen LogP contribution in [-0.2, 0) is 12.7 Å². The van der Waals surface area contributed by atoms with Crippen molar-refractivity contribution in [3.8, 4) is 0 Å². The number of aliphatic hydroxyl groups is 1. The Balaban J connectivity index is 1.98. The summed E-state index contributed by atoms with van der Waals surface area (Å²) in [5.41, 5.74) is -1.28. The zero-order valence-corrected chi connectivity index (χ0v) is 15.9. The Morgan fingerprint density at radius 2 is 1.84 bits per heavy atom. The molecule has 0 radical (unpaired) electrons. The van der Waals surface area contributed by atoms with E-state index in [0.29, 0.717) is 0 Å². The third-order valence-electron chi connectivity index (χ3n) is 4.49. The van der Waals surface area contributed by atoms with Crippen LogP contribution in [0.15, 0.2) is 65.7 Å². The van der Waals surface area contributed by atoms with Crippen molar-refractivity contribution in [3.05, 3.63) is 99.5 Å². The largest absolute Gasteiger partial charge is 0.416 e. The molecule has 3 aromatic rings. The molecule has 2 aromatic heterocycles. The number of halogens is 4. The average molecular weight is 435 g/mol. The van der Waals surface area contributed by atoms with Gasteiger partial charge in [0.1, 0.15) is 11.5 Å². The molecule has 0 saturated heterocycles. The first-order valence-electron chi connectivity index (χ1n) is 9.10. The van der Waals surface area contributed by atoms with Crippen LogP contribution in [0, 0.1) is 5.82 Å². The second kappa shape index (κ2) is 9.09. The Bertz CT molecular complexity index is 1130. The highest BCUT2D eigenvalue weighted by Crippen LogP contribution is 2.31. The molecule has 0 spiro atoms. The van der Waals surface area contributed by atoms with Crippen LogP contribution < -0.4 is 10.9 Å². The number of alkyl halides is 3. The van der Waals surface area contributed by atoms with Crippen LogP contribution in [0.5, 0.6) is 0 Å². The number of rotatable bonds is 6. The first-order valence-corrected chi connectivity index (χ1v) is 9.10. The summed E-state index contributed by atoms with van der Waals surface area (Å²) in [6, 6.07) is 7.59. The van der Waals surface area contributed by atoms with Gasteiger partial charge in [0.05, 0.1) is 23.8 Å². The number of benzene rings is 1. The third-order valence-corrected chi connectivity index (χ3v) is 4.49. The molecule has 162 valence electrons. The number of hydrogen-bond acceptors (Lipinski definition) is 4. The number of pyridine rings is 2. The Hall–Kier alpha value is -3.53. The lowest BCUT2D eigenvalue weighted by atomic mass is 10.0. The summed E-state index contributed by atoms with van der Waals surface area (Å²) >= 11 is 0. The molecule has 3 rings (SSSR count). The third kappa shape index (κ3) is 5.15. The van der Waals surface area contributed by atoms with E-state index < -0.39 is 35.1 Å². The summed E-state index contributed by atoms with van der Waals surface area (Å²) in [6.07, 6.45) is -2.02. The standard InChI is InChI=1S/C21H17F4N3O3/c22-16-2-1-9-26-19(16)18(13-3-6-15(7-4-13)21(23,24)25)27-20(31)14-5-8-17(30)28(12-14)10-11-29/h1-9,12,18,29H,10-11H2,(H,27,31)/t18-/m0/s1. The summed E-state index contributed by atoms with van der Waals surface area (Å²) in [5, 5.41) is 11.6. The molecule has 0 aliphatic carbocycles. The average Bonchev–Trinajstić information content (AvgIpc) is 2.74. The fourth-order valence-corrected chi connectivity index (χ4v) is 2.95. The van der Waals surface area contributed by atoms with Gasteiger partial charge in [-0.25, -0.2) is 4.39 Å². The van der Waals surface area contributed by atoms with Gasteiger partial charge in [-0.05, 0) is 35.9 Å². The van der Waals surface area contributed by atoms with E-state index in [-0.39, 0.29) is 30.0 Å². The van der Waals surface area contributed by atoms with Crippen molar-refractivity contribution in [2.24, 2.45) is 0 Å². The highest BCUT2D eigenvalue weighted by atomic mass is 19.4. The molecule has 1 amide bonds. The van der Waals surface area contributed by atoms with Gasteiger partial charge in [-0.3, -0.25) is 14.6 Å². The topological polar surface area (TPSA) is 84.2 Å². The van der Waals surface area contributed by atoms with Gasteiger partial charge in [0.25, 0.3) is 11.5 Å². The Labute approximate surface area is 173 Å². The van der Waals surface area contributed by atoms with Crippen molar-refractivity contribution in [2.45, 2.75) is 18.8 Å². The van der Waals surface area contributed by atoms with Crippen molar-refractivity contribution in [1.82, 2.24) is 14.9 Å². The molecule has 1 aromatic carbocycles. The minimum absolute atomic E-state index is 0.0306.